The van der Waals surface area contributed by atoms with Crippen molar-refractivity contribution >= 4 is 27.3 Å². The standard InChI is InChI=1S/C12H15ClN2O5S/c1-8-9(4-5-20-8)7-14-21(18,19)12-6-10(15(16)17)2-3-11(12)13/h2-3,6,8-9,14H,4-5,7H2,1H3. The molecule has 1 aliphatic heterocycles. The zero-order chi connectivity index (χ0) is 15.6. The molecule has 9 heteroatoms. The molecule has 2 atom stereocenters. The Morgan fingerprint density at radius 3 is 2.81 bits per heavy atom. The summed E-state index contributed by atoms with van der Waals surface area (Å²) in [6.45, 7) is 2.69. The van der Waals surface area contributed by atoms with Crippen LogP contribution in [-0.4, -0.2) is 32.6 Å². The Bertz CT molecular complexity index is 649. The maximum absolute atomic E-state index is 12.2. The summed E-state index contributed by atoms with van der Waals surface area (Å²) >= 11 is 5.84. The molecule has 0 aromatic heterocycles. The number of nitro groups is 1. The lowest BCUT2D eigenvalue weighted by Gasteiger charge is -2.15. The zero-order valence-corrected chi connectivity index (χ0v) is 12.9. The van der Waals surface area contributed by atoms with Crippen LogP contribution in [0.5, 0.6) is 0 Å². The van der Waals surface area contributed by atoms with Crippen LogP contribution in [-0.2, 0) is 14.8 Å². The third-order valence-electron chi connectivity index (χ3n) is 3.48. The van der Waals surface area contributed by atoms with Gasteiger partial charge < -0.3 is 4.74 Å². The number of halogens is 1. The lowest BCUT2D eigenvalue weighted by atomic mass is 10.0. The predicted molar refractivity (Wildman–Crippen MR) is 76.8 cm³/mol. The van der Waals surface area contributed by atoms with Gasteiger partial charge in [0.2, 0.25) is 10.0 Å². The van der Waals surface area contributed by atoms with Gasteiger partial charge in [0.05, 0.1) is 16.0 Å². The van der Waals surface area contributed by atoms with E-state index in [1.54, 1.807) is 0 Å². The Morgan fingerprint density at radius 2 is 2.24 bits per heavy atom. The average molecular weight is 335 g/mol. The number of sulfonamides is 1. The van der Waals surface area contributed by atoms with E-state index in [4.69, 9.17) is 16.3 Å². The molecular weight excluding hydrogens is 320 g/mol. The summed E-state index contributed by atoms with van der Waals surface area (Å²) in [6.07, 6.45) is 0.750. The summed E-state index contributed by atoms with van der Waals surface area (Å²) in [5.74, 6) is 0.0808. The molecule has 1 saturated heterocycles. The number of hydrogen-bond donors (Lipinski definition) is 1. The van der Waals surface area contributed by atoms with E-state index in [2.05, 4.69) is 4.72 Å². The summed E-state index contributed by atoms with van der Waals surface area (Å²) in [5.41, 5.74) is -0.322. The first kappa shape index (κ1) is 16.2. The number of ether oxygens (including phenoxy) is 1. The third kappa shape index (κ3) is 3.70. The molecular formula is C12H15ClN2O5S. The van der Waals surface area contributed by atoms with Crippen LogP contribution in [0.1, 0.15) is 13.3 Å². The molecule has 0 spiro atoms. The first-order chi connectivity index (χ1) is 9.81. The van der Waals surface area contributed by atoms with Crippen molar-refractivity contribution in [2.75, 3.05) is 13.2 Å². The fourth-order valence-corrected chi connectivity index (χ4v) is 3.76. The first-order valence-electron chi connectivity index (χ1n) is 6.36. The molecule has 0 bridgehead atoms. The smallest absolute Gasteiger partial charge is 0.270 e. The molecule has 0 amide bonds. The van der Waals surface area contributed by atoms with E-state index in [0.29, 0.717) is 6.61 Å². The van der Waals surface area contributed by atoms with E-state index < -0.39 is 14.9 Å². The number of rotatable bonds is 5. The molecule has 0 aliphatic carbocycles. The molecule has 2 unspecified atom stereocenters. The molecule has 1 aliphatic rings. The summed E-state index contributed by atoms with van der Waals surface area (Å²) in [6, 6.07) is 3.32. The van der Waals surface area contributed by atoms with Crippen molar-refractivity contribution < 1.29 is 18.1 Å². The molecule has 1 aromatic rings. The minimum atomic E-state index is -3.90. The Labute approximate surface area is 127 Å². The molecule has 0 radical (unpaired) electrons. The van der Waals surface area contributed by atoms with Gasteiger partial charge in [-0.05, 0) is 19.4 Å². The van der Waals surface area contributed by atoms with Gasteiger partial charge in [-0.1, -0.05) is 11.6 Å². The summed E-state index contributed by atoms with van der Waals surface area (Å²) in [7, 11) is -3.90. The number of non-ortho nitro benzene ring substituents is 1. The SMILES string of the molecule is CC1OCCC1CNS(=O)(=O)c1cc([N+](=O)[O-])ccc1Cl. The van der Waals surface area contributed by atoms with E-state index in [1.165, 1.54) is 6.07 Å². The Balaban J connectivity index is 2.19. The number of nitrogens with zero attached hydrogens (tertiary/aromatic N) is 1. The minimum absolute atomic E-state index is 0.0201. The van der Waals surface area contributed by atoms with E-state index in [0.717, 1.165) is 18.6 Å². The second-order valence-electron chi connectivity index (χ2n) is 4.85. The maximum Gasteiger partial charge on any atom is 0.270 e. The van der Waals surface area contributed by atoms with Crippen LogP contribution >= 0.6 is 11.6 Å². The van der Waals surface area contributed by atoms with Gasteiger partial charge in [-0.15, -0.1) is 0 Å². The van der Waals surface area contributed by atoms with Crippen LogP contribution in [0.4, 0.5) is 5.69 Å². The molecule has 116 valence electrons. The molecule has 0 saturated carbocycles. The van der Waals surface area contributed by atoms with Gasteiger partial charge in [0.1, 0.15) is 4.90 Å². The summed E-state index contributed by atoms with van der Waals surface area (Å²) < 4.78 is 32.3. The van der Waals surface area contributed by atoms with Crippen LogP contribution in [0.2, 0.25) is 5.02 Å². The van der Waals surface area contributed by atoms with Crippen molar-refractivity contribution in [3.63, 3.8) is 0 Å². The highest BCUT2D eigenvalue weighted by Gasteiger charge is 2.27. The monoisotopic (exact) mass is 334 g/mol. The predicted octanol–water partition coefficient (Wildman–Crippen LogP) is 1.95. The van der Waals surface area contributed by atoms with Gasteiger partial charge >= 0.3 is 0 Å². The Morgan fingerprint density at radius 1 is 1.52 bits per heavy atom. The van der Waals surface area contributed by atoms with Gasteiger partial charge in [-0.2, -0.15) is 0 Å². The lowest BCUT2D eigenvalue weighted by Crippen LogP contribution is -2.32. The van der Waals surface area contributed by atoms with Crippen molar-refractivity contribution in [3.8, 4) is 0 Å². The quantitative estimate of drug-likeness (QED) is 0.655. The number of nitro benzene ring substituents is 1. The van der Waals surface area contributed by atoms with Crippen LogP contribution in [0.15, 0.2) is 23.1 Å². The number of hydrogen-bond acceptors (Lipinski definition) is 5. The normalized spacial score (nSPS) is 22.4. The number of benzene rings is 1. The van der Waals surface area contributed by atoms with Crippen LogP contribution in [0.25, 0.3) is 0 Å². The van der Waals surface area contributed by atoms with Gasteiger partial charge in [-0.25, -0.2) is 13.1 Å². The van der Waals surface area contributed by atoms with Gasteiger partial charge in [0.25, 0.3) is 5.69 Å². The van der Waals surface area contributed by atoms with E-state index in [9.17, 15) is 18.5 Å². The van der Waals surface area contributed by atoms with E-state index in [1.807, 2.05) is 6.92 Å². The molecule has 7 nitrogen and oxygen atoms in total. The topological polar surface area (TPSA) is 98.5 Å². The zero-order valence-electron chi connectivity index (χ0n) is 11.3. The highest BCUT2D eigenvalue weighted by atomic mass is 35.5. The van der Waals surface area contributed by atoms with Crippen LogP contribution in [0.3, 0.4) is 0 Å². The summed E-state index contributed by atoms with van der Waals surface area (Å²) in [5, 5.41) is 10.7. The number of nitrogens with one attached hydrogen (secondary N) is 1. The Hall–Kier alpha value is -1.22. The van der Waals surface area contributed by atoms with Crippen molar-refractivity contribution in [2.45, 2.75) is 24.3 Å². The fourth-order valence-electron chi connectivity index (χ4n) is 2.15. The second kappa shape index (κ2) is 6.27. The highest BCUT2D eigenvalue weighted by molar-refractivity contribution is 7.89. The third-order valence-corrected chi connectivity index (χ3v) is 5.39. The summed E-state index contributed by atoms with van der Waals surface area (Å²) in [4.78, 5) is 9.78. The largest absolute Gasteiger partial charge is 0.378 e. The second-order valence-corrected chi connectivity index (χ2v) is 6.99. The Kier molecular flexibility index (Phi) is 4.82. The molecule has 1 aromatic carbocycles. The van der Waals surface area contributed by atoms with Crippen LogP contribution in [0, 0.1) is 16.0 Å². The first-order valence-corrected chi connectivity index (χ1v) is 8.22. The molecule has 2 rings (SSSR count). The highest BCUT2D eigenvalue weighted by Crippen LogP contribution is 2.27. The van der Waals surface area contributed by atoms with Crippen molar-refractivity contribution in [1.29, 1.82) is 0 Å². The molecule has 1 fully saturated rings. The van der Waals surface area contributed by atoms with Crippen molar-refractivity contribution in [3.05, 3.63) is 33.3 Å². The van der Waals surface area contributed by atoms with Gasteiger partial charge in [-0.3, -0.25) is 10.1 Å². The molecule has 21 heavy (non-hydrogen) atoms. The fraction of sp³-hybridized carbons (Fsp3) is 0.500. The van der Waals surface area contributed by atoms with Crippen molar-refractivity contribution in [2.24, 2.45) is 5.92 Å². The van der Waals surface area contributed by atoms with Crippen molar-refractivity contribution in [1.82, 2.24) is 4.72 Å². The molecule has 1 N–H and O–H groups in total. The molecule has 1 heterocycles. The minimum Gasteiger partial charge on any atom is -0.378 e. The van der Waals surface area contributed by atoms with Gasteiger partial charge in [0, 0.05) is 31.2 Å². The average Bonchev–Trinajstić information content (AvgIpc) is 2.82. The van der Waals surface area contributed by atoms with Gasteiger partial charge in [0.15, 0.2) is 0 Å². The van der Waals surface area contributed by atoms with E-state index in [-0.39, 0.29) is 34.2 Å². The lowest BCUT2D eigenvalue weighted by molar-refractivity contribution is -0.385. The van der Waals surface area contributed by atoms with E-state index >= 15 is 0 Å². The van der Waals surface area contributed by atoms with Crippen LogP contribution < -0.4 is 4.72 Å². The maximum atomic E-state index is 12.2.